The quantitative estimate of drug-likeness (QED) is 0.0372. The highest BCUT2D eigenvalue weighted by atomic mass is 16.6. The van der Waals surface area contributed by atoms with Gasteiger partial charge in [0, 0.05) is 23.2 Å². The van der Waals surface area contributed by atoms with E-state index in [9.17, 15) is 20.0 Å². The minimum atomic E-state index is -0.771. The van der Waals surface area contributed by atoms with E-state index in [1.807, 2.05) is 32.6 Å². The minimum Gasteiger partial charge on any atom is -0.494 e. The molecule has 14 nitrogen and oxygen atoms in total. The number of unbranched alkanes of at least 4 members (excludes halogenated alkanes) is 10. The summed E-state index contributed by atoms with van der Waals surface area (Å²) in [5, 5.41) is 22.0. The molecule has 0 aliphatic heterocycles. The van der Waals surface area contributed by atoms with Crippen molar-refractivity contribution in [2.45, 2.75) is 131 Å². The van der Waals surface area contributed by atoms with Crippen LogP contribution in [0, 0.1) is 0 Å². The van der Waals surface area contributed by atoms with E-state index in [2.05, 4.69) is 39.7 Å². The average Bonchev–Trinajstić information content (AvgIpc) is 3.13. The van der Waals surface area contributed by atoms with Crippen LogP contribution >= 0.6 is 0 Å². The number of aromatic nitrogens is 3. The second-order valence-corrected chi connectivity index (χ2v) is 13.6. The van der Waals surface area contributed by atoms with Crippen molar-refractivity contribution in [3.05, 3.63) is 59.7 Å². The number of hydrogen-bond donors (Lipinski definition) is 4. The van der Waals surface area contributed by atoms with Gasteiger partial charge in [0.25, 0.3) is 23.7 Å². The number of nitrogens with zero attached hydrogens (tertiary/aromatic N) is 6. The van der Waals surface area contributed by atoms with Crippen LogP contribution in [-0.2, 0) is 0 Å². The van der Waals surface area contributed by atoms with Gasteiger partial charge in [0.1, 0.15) is 11.5 Å². The molecular weight excluding hydrogens is 676 g/mol. The number of amides is 2. The summed E-state index contributed by atoms with van der Waals surface area (Å²) in [5.74, 6) is -0.542. The van der Waals surface area contributed by atoms with Gasteiger partial charge in [0.15, 0.2) is 0 Å². The van der Waals surface area contributed by atoms with Crippen molar-refractivity contribution in [2.24, 2.45) is 0 Å². The smallest absolute Gasteiger partial charge is 0.297 e. The first-order chi connectivity index (χ1) is 25.5. The number of hydrazine groups is 2. The Bertz CT molecular complexity index is 1400. The molecule has 0 spiro atoms. The molecule has 0 saturated heterocycles. The molecule has 0 fully saturated rings. The van der Waals surface area contributed by atoms with E-state index in [-0.39, 0.29) is 51.4 Å². The monoisotopic (exact) mass is 736 g/mol. The van der Waals surface area contributed by atoms with E-state index < -0.39 is 11.8 Å². The van der Waals surface area contributed by atoms with Gasteiger partial charge in [0.05, 0.1) is 13.2 Å². The zero-order chi connectivity index (χ0) is 38.6. The lowest BCUT2D eigenvalue weighted by Crippen LogP contribution is -2.40. The van der Waals surface area contributed by atoms with Crippen molar-refractivity contribution in [1.29, 1.82) is 0 Å². The third-order valence-electron chi connectivity index (χ3n) is 8.50. The fourth-order valence-electron chi connectivity index (χ4n) is 5.71. The molecule has 0 saturated carbocycles. The summed E-state index contributed by atoms with van der Waals surface area (Å²) in [6, 6.07) is 12.8. The Morgan fingerprint density at radius 1 is 0.585 bits per heavy atom. The third kappa shape index (κ3) is 14.7. The lowest BCUT2D eigenvalue weighted by Gasteiger charge is -2.31. The Morgan fingerprint density at radius 3 is 1.30 bits per heavy atom. The van der Waals surface area contributed by atoms with Crippen LogP contribution in [0.15, 0.2) is 48.5 Å². The van der Waals surface area contributed by atoms with Gasteiger partial charge in [-0.05, 0) is 89.1 Å². The highest BCUT2D eigenvalue weighted by Crippen LogP contribution is 2.21. The Morgan fingerprint density at radius 2 is 0.943 bits per heavy atom. The van der Waals surface area contributed by atoms with Crippen LogP contribution in [0.25, 0.3) is 0 Å². The summed E-state index contributed by atoms with van der Waals surface area (Å²) < 4.78 is 11.6. The van der Waals surface area contributed by atoms with Gasteiger partial charge >= 0.3 is 0 Å². The summed E-state index contributed by atoms with van der Waals surface area (Å²) >= 11 is 0. The second kappa shape index (κ2) is 23.1. The van der Waals surface area contributed by atoms with Crippen LogP contribution < -0.4 is 25.2 Å². The molecule has 0 radical (unpaired) electrons. The van der Waals surface area contributed by atoms with E-state index in [0.29, 0.717) is 24.7 Å². The van der Waals surface area contributed by atoms with Gasteiger partial charge in [-0.15, -0.1) is 10.3 Å². The van der Waals surface area contributed by atoms with Gasteiger partial charge in [-0.25, -0.2) is 10.9 Å². The fraction of sp³-hybridized carbons (Fsp3) is 0.564. The van der Waals surface area contributed by atoms with Crippen molar-refractivity contribution in [1.82, 2.24) is 25.3 Å². The first-order valence-electron chi connectivity index (χ1n) is 19.1. The van der Waals surface area contributed by atoms with Crippen molar-refractivity contribution < 1.29 is 29.5 Å². The minimum absolute atomic E-state index is 0.0552. The molecule has 2 amide bonds. The average molecular weight is 737 g/mol. The maximum atomic E-state index is 13.1. The molecule has 53 heavy (non-hydrogen) atoms. The van der Waals surface area contributed by atoms with Gasteiger partial charge in [-0.1, -0.05) is 78.1 Å². The fourth-order valence-corrected chi connectivity index (χ4v) is 5.71. The number of hydrogen-bond acceptors (Lipinski definition) is 12. The maximum Gasteiger partial charge on any atom is 0.297 e. The van der Waals surface area contributed by atoms with Crippen LogP contribution in [0.4, 0.5) is 17.8 Å². The summed E-state index contributed by atoms with van der Waals surface area (Å²) in [5.41, 5.74) is 5.35. The number of carbonyl (C=O) groups excluding carboxylic acids is 2. The standard InChI is InChI=1S/C39H60N8O6/c1-7-9-11-13-15-17-27-52-33-23-19-31(20-24-33)35(48)46(50)43-37-40-38(42-39(41-37)45(29(3)4)30(5)6)44-47(51)36(49)32-21-25-34(26-22-32)53-28-18-16-14-12-10-8-2/h19-26,29-30,50-51H,7-18,27-28H2,1-6H3,(H2,40,41,42,43,44). The molecule has 292 valence electrons. The van der Waals surface area contributed by atoms with Crippen LogP contribution in [-0.4, -0.2) is 72.8 Å². The van der Waals surface area contributed by atoms with Crippen LogP contribution in [0.3, 0.4) is 0 Å². The molecule has 3 rings (SSSR count). The summed E-state index contributed by atoms with van der Waals surface area (Å²) in [7, 11) is 0. The third-order valence-corrected chi connectivity index (χ3v) is 8.50. The van der Waals surface area contributed by atoms with E-state index in [0.717, 1.165) is 25.7 Å². The predicted octanol–water partition coefficient (Wildman–Crippen LogP) is 8.69. The Hall–Kier alpha value is -4.69. The molecule has 3 aromatic rings. The number of carbonyl (C=O) groups is 2. The van der Waals surface area contributed by atoms with E-state index in [4.69, 9.17) is 9.47 Å². The van der Waals surface area contributed by atoms with Crippen molar-refractivity contribution in [3.63, 3.8) is 0 Å². The van der Waals surface area contributed by atoms with Crippen LogP contribution in [0.2, 0.25) is 0 Å². The SMILES string of the molecule is CCCCCCCCOc1ccc(C(=O)N(O)Nc2nc(NN(O)C(=O)c3ccc(OCCCCCCCC)cc3)nc(N(C(C)C)C(C)C)n2)cc1. The van der Waals surface area contributed by atoms with E-state index in [1.54, 1.807) is 48.5 Å². The molecule has 0 aliphatic rings. The van der Waals surface area contributed by atoms with E-state index >= 15 is 0 Å². The molecule has 0 bridgehead atoms. The lowest BCUT2D eigenvalue weighted by atomic mass is 10.1. The molecule has 4 N–H and O–H groups in total. The summed E-state index contributed by atoms with van der Waals surface area (Å²) in [6.45, 7) is 13.4. The van der Waals surface area contributed by atoms with Crippen LogP contribution in [0.1, 0.15) is 139 Å². The lowest BCUT2D eigenvalue weighted by molar-refractivity contribution is -0.0400. The molecule has 14 heteroatoms. The van der Waals surface area contributed by atoms with Gasteiger partial charge < -0.3 is 14.4 Å². The number of nitrogens with one attached hydrogen (secondary N) is 2. The molecule has 2 aromatic carbocycles. The highest BCUT2D eigenvalue weighted by molar-refractivity contribution is 5.94. The molecule has 1 aromatic heterocycles. The van der Waals surface area contributed by atoms with Crippen LogP contribution in [0.5, 0.6) is 11.5 Å². The predicted molar refractivity (Wildman–Crippen MR) is 206 cm³/mol. The molecule has 0 atom stereocenters. The second-order valence-electron chi connectivity index (χ2n) is 13.6. The molecule has 0 unspecified atom stereocenters. The number of benzene rings is 2. The van der Waals surface area contributed by atoms with Gasteiger partial charge in [-0.3, -0.25) is 20.0 Å². The van der Waals surface area contributed by atoms with Gasteiger partial charge in [0.2, 0.25) is 5.95 Å². The Balaban J connectivity index is 1.65. The number of ether oxygens (including phenoxy) is 2. The molecule has 1 heterocycles. The van der Waals surface area contributed by atoms with Crippen molar-refractivity contribution >= 4 is 29.7 Å². The maximum absolute atomic E-state index is 13.1. The Kier molecular flexibility index (Phi) is 18.6. The zero-order valence-electron chi connectivity index (χ0n) is 32.4. The number of hydroxylamine groups is 2. The number of rotatable bonds is 25. The van der Waals surface area contributed by atoms with Crippen molar-refractivity contribution in [2.75, 3.05) is 29.0 Å². The summed E-state index contributed by atoms with van der Waals surface area (Å²) in [4.78, 5) is 41.1. The zero-order valence-corrected chi connectivity index (χ0v) is 32.4. The first kappa shape index (κ1) is 42.7. The first-order valence-corrected chi connectivity index (χ1v) is 19.1. The normalized spacial score (nSPS) is 11.1. The van der Waals surface area contributed by atoms with Gasteiger partial charge in [-0.2, -0.15) is 15.0 Å². The van der Waals surface area contributed by atoms with E-state index in [1.165, 1.54) is 51.4 Å². The van der Waals surface area contributed by atoms with Crippen molar-refractivity contribution in [3.8, 4) is 11.5 Å². The summed E-state index contributed by atoms with van der Waals surface area (Å²) in [6.07, 6.45) is 13.9. The molecular formula is C39H60N8O6. The molecule has 0 aliphatic carbocycles. The highest BCUT2D eigenvalue weighted by Gasteiger charge is 2.23. The topological polar surface area (TPSA) is 166 Å². The largest absolute Gasteiger partial charge is 0.494 e. The number of anilines is 3. The Labute approximate surface area is 314 Å².